The Labute approximate surface area is 81.8 Å². The van der Waals surface area contributed by atoms with Crippen molar-refractivity contribution in [3.05, 3.63) is 29.8 Å². The van der Waals surface area contributed by atoms with Crippen LogP contribution in [0.25, 0.3) is 0 Å². The van der Waals surface area contributed by atoms with Gasteiger partial charge in [0.15, 0.2) is 0 Å². The van der Waals surface area contributed by atoms with Crippen LogP contribution in [0.5, 0.6) is 0 Å². The molecule has 0 saturated heterocycles. The van der Waals surface area contributed by atoms with Gasteiger partial charge in [0, 0.05) is 0 Å². The normalized spacial score (nSPS) is 8.92. The number of hydrogen-bond acceptors (Lipinski definition) is 3. The smallest absolute Gasteiger partial charge is 0.234 e. The van der Waals surface area contributed by atoms with E-state index in [2.05, 4.69) is 17.9 Å². The Morgan fingerprint density at radius 1 is 1.54 bits per heavy atom. The summed E-state index contributed by atoms with van der Waals surface area (Å²) in [5.41, 5.74) is 0.988. The number of carbonyl (C=O) groups is 1. The Morgan fingerprint density at radius 3 is 2.85 bits per heavy atom. The van der Waals surface area contributed by atoms with Gasteiger partial charge in [-0.25, -0.2) is 0 Å². The first-order valence-corrected chi connectivity index (χ1v) is 4.31. The van der Waals surface area contributed by atoms with Crippen LogP contribution < -0.4 is 5.32 Å². The van der Waals surface area contributed by atoms with E-state index in [9.17, 15) is 4.79 Å². The van der Waals surface area contributed by atoms with Crippen LogP contribution in [0.2, 0.25) is 0 Å². The van der Waals surface area contributed by atoms with Crippen LogP contribution in [0.4, 0.5) is 5.69 Å². The van der Waals surface area contributed by atoms with Gasteiger partial charge in [-0.1, -0.05) is 12.1 Å². The minimum atomic E-state index is -0.217. The zero-order valence-electron chi connectivity index (χ0n) is 6.82. The van der Waals surface area contributed by atoms with Crippen molar-refractivity contribution in [2.45, 2.75) is 0 Å². The lowest BCUT2D eigenvalue weighted by molar-refractivity contribution is -0.113. The maximum absolute atomic E-state index is 11.0. The summed E-state index contributed by atoms with van der Waals surface area (Å²) in [6.45, 7) is 0. The summed E-state index contributed by atoms with van der Waals surface area (Å²) in [5.74, 6) is -0.106. The van der Waals surface area contributed by atoms with Crippen LogP contribution in [0.3, 0.4) is 0 Å². The van der Waals surface area contributed by atoms with E-state index in [-0.39, 0.29) is 11.7 Å². The molecule has 0 radical (unpaired) electrons. The number of para-hydroxylation sites is 1. The molecule has 0 aliphatic carbocycles. The highest BCUT2D eigenvalue weighted by Gasteiger charge is 2.03. The highest BCUT2D eigenvalue weighted by atomic mass is 32.1. The van der Waals surface area contributed by atoms with Crippen LogP contribution in [0.1, 0.15) is 5.56 Å². The molecule has 1 aromatic carbocycles. The molecule has 0 aliphatic rings. The topological polar surface area (TPSA) is 52.9 Å². The maximum Gasteiger partial charge on any atom is 0.234 e. The summed E-state index contributed by atoms with van der Waals surface area (Å²) in [7, 11) is 0. The molecule has 3 nitrogen and oxygen atoms in total. The summed E-state index contributed by atoms with van der Waals surface area (Å²) in [5, 5.41) is 11.3. The van der Waals surface area contributed by atoms with Gasteiger partial charge >= 0.3 is 0 Å². The van der Waals surface area contributed by atoms with Gasteiger partial charge in [0.25, 0.3) is 0 Å². The third-order valence-electron chi connectivity index (χ3n) is 1.47. The predicted octanol–water partition coefficient (Wildman–Crippen LogP) is 1.43. The first kappa shape index (κ1) is 9.62. The van der Waals surface area contributed by atoms with E-state index in [1.807, 2.05) is 6.07 Å². The van der Waals surface area contributed by atoms with E-state index in [1.165, 1.54) is 0 Å². The second-order valence-electron chi connectivity index (χ2n) is 2.36. The fraction of sp³-hybridized carbons (Fsp3) is 0.111. The first-order valence-electron chi connectivity index (χ1n) is 3.67. The van der Waals surface area contributed by atoms with Crippen LogP contribution >= 0.6 is 12.6 Å². The van der Waals surface area contributed by atoms with E-state index in [4.69, 9.17) is 5.26 Å². The Morgan fingerprint density at radius 2 is 2.23 bits per heavy atom. The van der Waals surface area contributed by atoms with Crippen LogP contribution in [-0.4, -0.2) is 11.7 Å². The summed E-state index contributed by atoms with van der Waals surface area (Å²) in [6.07, 6.45) is 0. The lowest BCUT2D eigenvalue weighted by Crippen LogP contribution is -2.13. The number of carbonyl (C=O) groups excluding carboxylic acids is 1. The average molecular weight is 192 g/mol. The molecule has 1 amide bonds. The van der Waals surface area contributed by atoms with Gasteiger partial charge in [-0.15, -0.1) is 0 Å². The van der Waals surface area contributed by atoms with Gasteiger partial charge in [0.2, 0.25) is 5.91 Å². The fourth-order valence-corrected chi connectivity index (χ4v) is 0.958. The van der Waals surface area contributed by atoms with Crippen LogP contribution in [-0.2, 0) is 4.79 Å². The van der Waals surface area contributed by atoms with Crippen LogP contribution in [0.15, 0.2) is 24.3 Å². The number of nitriles is 1. The Hall–Kier alpha value is -1.47. The summed E-state index contributed by atoms with van der Waals surface area (Å²) < 4.78 is 0. The molecule has 0 saturated carbocycles. The second kappa shape index (κ2) is 4.53. The summed E-state index contributed by atoms with van der Waals surface area (Å²) >= 11 is 3.81. The Balaban J connectivity index is 2.89. The largest absolute Gasteiger partial charge is 0.324 e. The van der Waals surface area contributed by atoms with Gasteiger partial charge in [0.1, 0.15) is 6.07 Å². The van der Waals surface area contributed by atoms with E-state index in [1.54, 1.807) is 24.3 Å². The lowest BCUT2D eigenvalue weighted by atomic mass is 10.2. The third-order valence-corrected chi connectivity index (χ3v) is 1.75. The van der Waals surface area contributed by atoms with E-state index in [0.717, 1.165) is 0 Å². The zero-order chi connectivity index (χ0) is 9.68. The molecule has 0 heterocycles. The molecule has 1 N–H and O–H groups in total. The number of nitrogens with one attached hydrogen (secondary N) is 1. The highest BCUT2D eigenvalue weighted by Crippen LogP contribution is 2.12. The van der Waals surface area contributed by atoms with Crippen molar-refractivity contribution >= 4 is 24.2 Å². The molecule has 0 aromatic heterocycles. The highest BCUT2D eigenvalue weighted by molar-refractivity contribution is 7.81. The average Bonchev–Trinajstić information content (AvgIpc) is 2.18. The number of thiol groups is 1. The van der Waals surface area contributed by atoms with Gasteiger partial charge in [0.05, 0.1) is 17.0 Å². The Bertz CT molecular complexity index is 357. The van der Waals surface area contributed by atoms with E-state index in [0.29, 0.717) is 11.3 Å². The number of anilines is 1. The third kappa shape index (κ3) is 2.49. The molecule has 0 aliphatic heterocycles. The van der Waals surface area contributed by atoms with Crippen molar-refractivity contribution in [2.75, 3.05) is 11.1 Å². The van der Waals surface area contributed by atoms with Crippen molar-refractivity contribution in [1.29, 1.82) is 5.26 Å². The van der Waals surface area contributed by atoms with Gasteiger partial charge < -0.3 is 5.32 Å². The molecule has 13 heavy (non-hydrogen) atoms. The SMILES string of the molecule is N#Cc1ccccc1NC(=O)CS. The predicted molar refractivity (Wildman–Crippen MR) is 53.6 cm³/mol. The number of benzene rings is 1. The fourth-order valence-electron chi connectivity index (χ4n) is 0.879. The molecule has 0 bridgehead atoms. The van der Waals surface area contributed by atoms with Crippen molar-refractivity contribution in [1.82, 2.24) is 0 Å². The number of rotatable bonds is 2. The molecule has 0 atom stereocenters. The minimum absolute atomic E-state index is 0.111. The van der Waals surface area contributed by atoms with Gasteiger partial charge in [-0.2, -0.15) is 17.9 Å². The molecular formula is C9H8N2OS. The molecule has 1 rings (SSSR count). The molecule has 1 aromatic rings. The van der Waals surface area contributed by atoms with Crippen LogP contribution in [0, 0.1) is 11.3 Å². The summed E-state index contributed by atoms with van der Waals surface area (Å²) in [4.78, 5) is 11.0. The molecular weight excluding hydrogens is 184 g/mol. The van der Waals surface area contributed by atoms with E-state index < -0.39 is 0 Å². The van der Waals surface area contributed by atoms with Gasteiger partial charge in [-0.3, -0.25) is 4.79 Å². The Kier molecular flexibility index (Phi) is 3.35. The molecule has 0 spiro atoms. The van der Waals surface area contributed by atoms with Gasteiger partial charge in [-0.05, 0) is 12.1 Å². The maximum atomic E-state index is 11.0. The minimum Gasteiger partial charge on any atom is -0.324 e. The number of hydrogen-bond donors (Lipinski definition) is 2. The second-order valence-corrected chi connectivity index (χ2v) is 2.68. The van der Waals surface area contributed by atoms with Crippen molar-refractivity contribution in [3.8, 4) is 6.07 Å². The zero-order valence-corrected chi connectivity index (χ0v) is 7.71. The number of amides is 1. The molecule has 0 fully saturated rings. The quantitative estimate of drug-likeness (QED) is 0.696. The number of nitrogens with zero attached hydrogens (tertiary/aromatic N) is 1. The van der Waals surface area contributed by atoms with Crippen molar-refractivity contribution < 1.29 is 4.79 Å². The first-order chi connectivity index (χ1) is 6.27. The van der Waals surface area contributed by atoms with Crippen molar-refractivity contribution in [2.24, 2.45) is 0 Å². The summed E-state index contributed by atoms with van der Waals surface area (Å²) in [6, 6.07) is 8.82. The lowest BCUT2D eigenvalue weighted by Gasteiger charge is -2.03. The molecule has 4 heteroatoms. The monoisotopic (exact) mass is 192 g/mol. The molecule has 66 valence electrons. The standard InChI is InChI=1S/C9H8N2OS/c10-5-7-3-1-2-4-8(7)11-9(12)6-13/h1-4,13H,6H2,(H,11,12). The van der Waals surface area contributed by atoms with E-state index >= 15 is 0 Å². The molecule has 0 unspecified atom stereocenters. The van der Waals surface area contributed by atoms with Crippen molar-refractivity contribution in [3.63, 3.8) is 0 Å².